The van der Waals surface area contributed by atoms with Crippen molar-refractivity contribution in [2.75, 3.05) is 5.32 Å². The third-order valence-corrected chi connectivity index (χ3v) is 4.30. The lowest BCUT2D eigenvalue weighted by Gasteiger charge is -2.10. The van der Waals surface area contributed by atoms with Crippen molar-refractivity contribution in [3.05, 3.63) is 83.2 Å². The molecule has 134 valence electrons. The van der Waals surface area contributed by atoms with Crippen LogP contribution >= 0.6 is 0 Å². The number of imidazole rings is 1. The van der Waals surface area contributed by atoms with E-state index in [1.54, 1.807) is 41.5 Å². The molecule has 0 bridgehead atoms. The molecule has 2 heterocycles. The molecule has 1 N–H and O–H groups in total. The topological polar surface area (TPSA) is 81.8 Å². The van der Waals surface area contributed by atoms with E-state index < -0.39 is 5.91 Å². The zero-order chi connectivity index (χ0) is 18.8. The number of carbonyl (C=O) groups excluding carboxylic acids is 1. The Kier molecular flexibility index (Phi) is 4.25. The van der Waals surface area contributed by atoms with Crippen molar-refractivity contribution in [1.82, 2.24) is 19.3 Å². The van der Waals surface area contributed by atoms with E-state index in [1.807, 2.05) is 42.0 Å². The van der Waals surface area contributed by atoms with E-state index in [4.69, 9.17) is 0 Å². The van der Waals surface area contributed by atoms with E-state index >= 15 is 0 Å². The second kappa shape index (κ2) is 6.87. The van der Waals surface area contributed by atoms with Crippen LogP contribution in [0.25, 0.3) is 16.6 Å². The average Bonchev–Trinajstić information content (AvgIpc) is 3.24. The van der Waals surface area contributed by atoms with Gasteiger partial charge in [0.1, 0.15) is 0 Å². The summed E-state index contributed by atoms with van der Waals surface area (Å²) in [6, 6.07) is 14.4. The van der Waals surface area contributed by atoms with Gasteiger partial charge in [0, 0.05) is 35.7 Å². The molecule has 2 aromatic heterocycles. The van der Waals surface area contributed by atoms with E-state index in [9.17, 15) is 9.59 Å². The van der Waals surface area contributed by atoms with Gasteiger partial charge in [-0.15, -0.1) is 0 Å². The maximum absolute atomic E-state index is 12.7. The monoisotopic (exact) mass is 359 g/mol. The number of hydrogen-bond acceptors (Lipinski definition) is 4. The third kappa shape index (κ3) is 3.10. The van der Waals surface area contributed by atoms with Crippen LogP contribution in [0.2, 0.25) is 0 Å². The number of aromatic nitrogens is 4. The quantitative estimate of drug-likeness (QED) is 0.607. The molecule has 0 aliphatic carbocycles. The van der Waals surface area contributed by atoms with Gasteiger partial charge in [0.15, 0.2) is 5.69 Å². The van der Waals surface area contributed by atoms with Gasteiger partial charge >= 0.3 is 0 Å². The van der Waals surface area contributed by atoms with Crippen molar-refractivity contribution < 1.29 is 4.79 Å². The molecule has 1 amide bonds. The molecule has 4 rings (SSSR count). The molecule has 7 heteroatoms. The Morgan fingerprint density at radius 3 is 2.59 bits per heavy atom. The summed E-state index contributed by atoms with van der Waals surface area (Å²) >= 11 is 0. The highest BCUT2D eigenvalue weighted by Gasteiger charge is 2.17. The first-order valence-corrected chi connectivity index (χ1v) is 8.57. The predicted molar refractivity (Wildman–Crippen MR) is 103 cm³/mol. The highest BCUT2D eigenvalue weighted by molar-refractivity contribution is 6.04. The molecule has 0 fully saturated rings. The molecule has 7 nitrogen and oxygen atoms in total. The first-order chi connectivity index (χ1) is 13.2. The van der Waals surface area contributed by atoms with Crippen molar-refractivity contribution in [3.63, 3.8) is 0 Å². The molecule has 0 atom stereocenters. The van der Waals surface area contributed by atoms with Gasteiger partial charge in [-0.1, -0.05) is 12.1 Å². The molecular formula is C20H17N5O2. The fourth-order valence-electron chi connectivity index (χ4n) is 2.95. The highest BCUT2D eigenvalue weighted by Crippen LogP contribution is 2.14. The highest BCUT2D eigenvalue weighted by atomic mass is 16.2. The van der Waals surface area contributed by atoms with Gasteiger partial charge in [-0.2, -0.15) is 5.10 Å². The zero-order valence-corrected chi connectivity index (χ0v) is 14.7. The lowest BCUT2D eigenvalue weighted by atomic mass is 10.2. The fraction of sp³-hybridized carbons (Fsp3) is 0.100. The van der Waals surface area contributed by atoms with Crippen LogP contribution in [0.15, 0.2) is 72.0 Å². The number of nitrogens with one attached hydrogen (secondary N) is 1. The predicted octanol–water partition coefficient (Wildman–Crippen LogP) is 2.85. The molecule has 0 aliphatic heterocycles. The van der Waals surface area contributed by atoms with Crippen LogP contribution in [0, 0.1) is 0 Å². The molecule has 2 aromatic carbocycles. The van der Waals surface area contributed by atoms with Crippen LogP contribution in [0.1, 0.15) is 17.4 Å². The van der Waals surface area contributed by atoms with Crippen molar-refractivity contribution in [1.29, 1.82) is 0 Å². The first-order valence-electron chi connectivity index (χ1n) is 8.57. The summed E-state index contributed by atoms with van der Waals surface area (Å²) in [6.45, 7) is 2.47. The van der Waals surface area contributed by atoms with E-state index in [1.165, 1.54) is 0 Å². The molecule has 27 heavy (non-hydrogen) atoms. The van der Waals surface area contributed by atoms with Gasteiger partial charge in [0.25, 0.3) is 5.91 Å². The smallest absolute Gasteiger partial charge is 0.280 e. The van der Waals surface area contributed by atoms with Crippen LogP contribution in [0.3, 0.4) is 0 Å². The first kappa shape index (κ1) is 16.7. The number of aryl methyl sites for hydroxylation is 1. The molecule has 0 saturated carbocycles. The van der Waals surface area contributed by atoms with Crippen LogP contribution in [-0.2, 0) is 6.54 Å². The number of anilines is 1. The Morgan fingerprint density at radius 2 is 1.89 bits per heavy atom. The summed E-state index contributed by atoms with van der Waals surface area (Å²) in [7, 11) is 0. The second-order valence-corrected chi connectivity index (χ2v) is 5.98. The molecule has 0 spiro atoms. The summed E-state index contributed by atoms with van der Waals surface area (Å²) in [5.41, 5.74) is 1.73. The number of benzene rings is 2. The fourth-order valence-corrected chi connectivity index (χ4v) is 2.95. The number of carbonyl (C=O) groups is 1. The number of amides is 1. The largest absolute Gasteiger partial charge is 0.320 e. The molecule has 4 aromatic rings. The number of rotatable bonds is 4. The van der Waals surface area contributed by atoms with Gasteiger partial charge in [-0.25, -0.2) is 4.98 Å². The Labute approximate surface area is 154 Å². The Hall–Kier alpha value is -3.74. The minimum atomic E-state index is -0.525. The van der Waals surface area contributed by atoms with E-state index in [2.05, 4.69) is 15.4 Å². The average molecular weight is 359 g/mol. The van der Waals surface area contributed by atoms with Crippen molar-refractivity contribution in [2.24, 2.45) is 0 Å². The minimum Gasteiger partial charge on any atom is -0.320 e. The number of para-hydroxylation sites is 1. The van der Waals surface area contributed by atoms with Gasteiger partial charge < -0.3 is 9.88 Å². The van der Waals surface area contributed by atoms with Crippen molar-refractivity contribution in [3.8, 4) is 5.69 Å². The summed E-state index contributed by atoms with van der Waals surface area (Å²) in [6.07, 6.45) is 5.22. The van der Waals surface area contributed by atoms with Gasteiger partial charge in [-0.3, -0.25) is 14.3 Å². The van der Waals surface area contributed by atoms with E-state index in [-0.39, 0.29) is 11.1 Å². The maximum atomic E-state index is 12.7. The molecule has 0 radical (unpaired) electrons. The van der Waals surface area contributed by atoms with Crippen molar-refractivity contribution >= 4 is 22.5 Å². The number of nitrogens with zero attached hydrogens (tertiary/aromatic N) is 4. The molecular weight excluding hydrogens is 342 g/mol. The molecule has 0 saturated heterocycles. The maximum Gasteiger partial charge on any atom is 0.280 e. The summed E-state index contributed by atoms with van der Waals surface area (Å²) in [4.78, 5) is 29.4. The summed E-state index contributed by atoms with van der Waals surface area (Å²) < 4.78 is 3.52. The van der Waals surface area contributed by atoms with Crippen LogP contribution in [0.4, 0.5) is 5.69 Å². The van der Waals surface area contributed by atoms with E-state index in [0.717, 1.165) is 5.69 Å². The number of hydrogen-bond donors (Lipinski definition) is 1. The van der Waals surface area contributed by atoms with Crippen LogP contribution in [-0.4, -0.2) is 25.2 Å². The SMILES string of the molecule is CCn1nc(C(=O)Nc2ccc(-n3ccnc3)cc2)c(=O)c2ccccc21. The molecule has 0 aliphatic rings. The van der Waals surface area contributed by atoms with Crippen LogP contribution < -0.4 is 10.7 Å². The minimum absolute atomic E-state index is 0.116. The third-order valence-electron chi connectivity index (χ3n) is 4.30. The lowest BCUT2D eigenvalue weighted by Crippen LogP contribution is -2.27. The summed E-state index contributed by atoms with van der Waals surface area (Å²) in [5.74, 6) is -0.525. The molecule has 0 unspecified atom stereocenters. The van der Waals surface area contributed by atoms with Gasteiger partial charge in [0.05, 0.1) is 11.8 Å². The van der Waals surface area contributed by atoms with E-state index in [0.29, 0.717) is 23.1 Å². The Balaban J connectivity index is 1.65. The Bertz CT molecular complexity index is 1160. The normalized spacial score (nSPS) is 10.9. The van der Waals surface area contributed by atoms with Crippen molar-refractivity contribution in [2.45, 2.75) is 13.5 Å². The lowest BCUT2D eigenvalue weighted by molar-refractivity contribution is 0.101. The zero-order valence-electron chi connectivity index (χ0n) is 14.7. The second-order valence-electron chi connectivity index (χ2n) is 5.98. The number of fused-ring (bicyclic) bond motifs is 1. The Morgan fingerprint density at radius 1 is 1.11 bits per heavy atom. The standard InChI is InChI=1S/C20H17N5O2/c1-2-25-17-6-4-3-5-16(17)19(26)18(23-25)20(27)22-14-7-9-15(10-8-14)24-12-11-21-13-24/h3-13H,2H2,1H3,(H,22,27). The van der Waals surface area contributed by atoms with Gasteiger partial charge in [0.2, 0.25) is 5.43 Å². The van der Waals surface area contributed by atoms with Crippen LogP contribution in [0.5, 0.6) is 0 Å². The van der Waals surface area contributed by atoms with Gasteiger partial charge in [-0.05, 0) is 43.3 Å². The summed E-state index contributed by atoms with van der Waals surface area (Å²) in [5, 5.41) is 7.48.